The second kappa shape index (κ2) is 8.24. The molecule has 3 heteroatoms. The summed E-state index contributed by atoms with van der Waals surface area (Å²) in [7, 11) is 1.00. The van der Waals surface area contributed by atoms with E-state index in [0.29, 0.717) is 0 Å². The summed E-state index contributed by atoms with van der Waals surface area (Å²) in [5.74, 6) is 0. The van der Waals surface area contributed by atoms with Crippen molar-refractivity contribution in [2.45, 2.75) is 40.2 Å². The molecule has 0 saturated carbocycles. The maximum atomic E-state index is 10.3. The van der Waals surface area contributed by atoms with E-state index >= 15 is 0 Å². The van der Waals surface area contributed by atoms with E-state index in [1.807, 2.05) is 36.9 Å². The molecule has 0 aliphatic heterocycles. The summed E-state index contributed by atoms with van der Waals surface area (Å²) < 4.78 is 2.02. The summed E-state index contributed by atoms with van der Waals surface area (Å²) in [6.07, 6.45) is 4.64. The van der Waals surface area contributed by atoms with E-state index in [1.165, 1.54) is 0 Å². The van der Waals surface area contributed by atoms with Crippen LogP contribution < -0.4 is 0 Å². The normalized spacial score (nSPS) is 9.27. The summed E-state index contributed by atoms with van der Waals surface area (Å²) in [6, 6.07) is 1.82. The van der Waals surface area contributed by atoms with Gasteiger partial charge < -0.3 is 9.67 Å². The monoisotopic (exact) mass is 213 g/mol. The van der Waals surface area contributed by atoms with E-state index in [-0.39, 0.29) is 5.54 Å². The standard InChI is InChI=1S/C9H13NO.C2H6.CH4O/c1-9(2,3)10-5-4-8(6-10)7-11;2*1-2/h4-7H,1-3H3;1-2H3;2H,1H3. The Morgan fingerprint density at radius 1 is 1.27 bits per heavy atom. The zero-order valence-electron chi connectivity index (χ0n) is 10.6. The van der Waals surface area contributed by atoms with Crippen LogP contribution in [0.4, 0.5) is 0 Å². The van der Waals surface area contributed by atoms with Crippen molar-refractivity contribution in [3.05, 3.63) is 24.0 Å². The van der Waals surface area contributed by atoms with Crippen LogP contribution in [0.15, 0.2) is 18.5 Å². The van der Waals surface area contributed by atoms with Crippen molar-refractivity contribution in [3.8, 4) is 0 Å². The van der Waals surface area contributed by atoms with Crippen molar-refractivity contribution in [2.24, 2.45) is 0 Å². The largest absolute Gasteiger partial charge is 0.400 e. The topological polar surface area (TPSA) is 42.2 Å². The minimum absolute atomic E-state index is 0.0707. The highest BCUT2D eigenvalue weighted by Gasteiger charge is 2.11. The number of hydrogen-bond donors (Lipinski definition) is 1. The zero-order chi connectivity index (χ0) is 12.5. The minimum atomic E-state index is 0.0707. The fraction of sp³-hybridized carbons (Fsp3) is 0.583. The molecule has 1 rings (SSSR count). The van der Waals surface area contributed by atoms with E-state index in [0.717, 1.165) is 19.0 Å². The van der Waals surface area contributed by atoms with Gasteiger partial charge in [-0.1, -0.05) is 13.8 Å². The Hall–Kier alpha value is -1.09. The average Bonchev–Trinajstić information content (AvgIpc) is 2.71. The van der Waals surface area contributed by atoms with Crippen LogP contribution >= 0.6 is 0 Å². The molecule has 0 saturated heterocycles. The lowest BCUT2D eigenvalue weighted by atomic mass is 10.1. The van der Waals surface area contributed by atoms with Gasteiger partial charge in [-0.05, 0) is 26.8 Å². The lowest BCUT2D eigenvalue weighted by Gasteiger charge is -2.20. The molecule has 1 heterocycles. The Morgan fingerprint density at radius 2 is 1.73 bits per heavy atom. The Morgan fingerprint density at radius 3 is 1.93 bits per heavy atom. The molecule has 0 fully saturated rings. The van der Waals surface area contributed by atoms with Crippen molar-refractivity contribution in [1.29, 1.82) is 0 Å². The number of carbonyl (C=O) groups excluding carboxylic acids is 1. The Balaban J connectivity index is 0. The van der Waals surface area contributed by atoms with Crippen molar-refractivity contribution in [3.63, 3.8) is 0 Å². The van der Waals surface area contributed by atoms with Gasteiger partial charge in [-0.3, -0.25) is 4.79 Å². The number of hydrogen-bond acceptors (Lipinski definition) is 2. The van der Waals surface area contributed by atoms with E-state index < -0.39 is 0 Å². The van der Waals surface area contributed by atoms with Gasteiger partial charge in [-0.15, -0.1) is 0 Å². The van der Waals surface area contributed by atoms with Crippen molar-refractivity contribution in [1.82, 2.24) is 4.57 Å². The molecule has 0 spiro atoms. The van der Waals surface area contributed by atoms with Gasteiger partial charge in [0.15, 0.2) is 6.29 Å². The first kappa shape index (κ1) is 16.3. The average molecular weight is 213 g/mol. The van der Waals surface area contributed by atoms with Crippen LogP contribution in [-0.2, 0) is 5.54 Å². The van der Waals surface area contributed by atoms with Gasteiger partial charge in [0.25, 0.3) is 0 Å². The first-order valence-corrected chi connectivity index (χ1v) is 5.12. The van der Waals surface area contributed by atoms with Crippen LogP contribution in [-0.4, -0.2) is 23.1 Å². The van der Waals surface area contributed by atoms with Crippen molar-refractivity contribution < 1.29 is 9.90 Å². The molecule has 0 atom stereocenters. The van der Waals surface area contributed by atoms with Gasteiger partial charge in [0.2, 0.25) is 0 Å². The Labute approximate surface area is 92.7 Å². The van der Waals surface area contributed by atoms with Crippen molar-refractivity contribution in [2.75, 3.05) is 7.11 Å². The van der Waals surface area contributed by atoms with E-state index in [4.69, 9.17) is 5.11 Å². The molecule has 1 aromatic heterocycles. The number of aromatic nitrogens is 1. The highest BCUT2D eigenvalue weighted by molar-refractivity contribution is 5.74. The van der Waals surface area contributed by atoms with Crippen LogP contribution in [0.1, 0.15) is 45.0 Å². The SMILES string of the molecule is CC.CC(C)(C)n1ccc(C=O)c1.CO. The molecule has 0 aliphatic rings. The number of rotatable bonds is 1. The van der Waals surface area contributed by atoms with Gasteiger partial charge in [0, 0.05) is 30.6 Å². The number of aldehydes is 1. The second-order valence-corrected chi connectivity index (χ2v) is 3.64. The van der Waals surface area contributed by atoms with E-state index in [9.17, 15) is 4.79 Å². The summed E-state index contributed by atoms with van der Waals surface area (Å²) >= 11 is 0. The number of aliphatic hydroxyl groups is 1. The molecule has 0 amide bonds. The highest BCUT2D eigenvalue weighted by Crippen LogP contribution is 2.14. The van der Waals surface area contributed by atoms with Crippen LogP contribution in [0, 0.1) is 0 Å². The second-order valence-electron chi connectivity index (χ2n) is 3.64. The highest BCUT2D eigenvalue weighted by atomic mass is 16.2. The third-order valence-electron chi connectivity index (χ3n) is 1.63. The molecule has 0 aliphatic carbocycles. The van der Waals surface area contributed by atoms with E-state index in [2.05, 4.69) is 20.8 Å². The molecule has 0 radical (unpaired) electrons. The van der Waals surface area contributed by atoms with Crippen LogP contribution in [0.5, 0.6) is 0 Å². The maximum Gasteiger partial charge on any atom is 0.151 e. The van der Waals surface area contributed by atoms with Crippen LogP contribution in [0.3, 0.4) is 0 Å². The number of carbonyl (C=O) groups is 1. The van der Waals surface area contributed by atoms with Gasteiger partial charge >= 0.3 is 0 Å². The lowest BCUT2D eigenvalue weighted by Crippen LogP contribution is -2.19. The summed E-state index contributed by atoms with van der Waals surface area (Å²) in [5, 5.41) is 7.00. The van der Waals surface area contributed by atoms with Crippen LogP contribution in [0.25, 0.3) is 0 Å². The smallest absolute Gasteiger partial charge is 0.151 e. The van der Waals surface area contributed by atoms with Gasteiger partial charge in [-0.25, -0.2) is 0 Å². The molecule has 0 aromatic carbocycles. The van der Waals surface area contributed by atoms with Gasteiger partial charge in [-0.2, -0.15) is 0 Å². The van der Waals surface area contributed by atoms with Gasteiger partial charge in [0.05, 0.1) is 0 Å². The Bertz CT molecular complexity index is 259. The Kier molecular flexibility index (Phi) is 8.98. The molecule has 1 aromatic rings. The van der Waals surface area contributed by atoms with Crippen molar-refractivity contribution >= 4 is 6.29 Å². The third kappa shape index (κ3) is 6.07. The quantitative estimate of drug-likeness (QED) is 0.729. The lowest BCUT2D eigenvalue weighted by molar-refractivity contribution is 0.112. The molecule has 1 N–H and O–H groups in total. The molecular weight excluding hydrogens is 190 g/mol. The number of aliphatic hydroxyl groups excluding tert-OH is 1. The fourth-order valence-corrected chi connectivity index (χ4v) is 0.900. The van der Waals surface area contributed by atoms with Gasteiger partial charge in [0.1, 0.15) is 0 Å². The molecular formula is C12H23NO2. The molecule has 3 nitrogen and oxygen atoms in total. The summed E-state index contributed by atoms with van der Waals surface area (Å²) in [4.78, 5) is 10.3. The predicted octanol–water partition coefficient (Wildman–Crippen LogP) is 2.69. The molecule has 0 unspecified atom stereocenters. The first-order valence-electron chi connectivity index (χ1n) is 5.12. The zero-order valence-corrected chi connectivity index (χ0v) is 10.6. The molecule has 0 bridgehead atoms. The predicted molar refractivity (Wildman–Crippen MR) is 64.3 cm³/mol. The third-order valence-corrected chi connectivity index (χ3v) is 1.63. The minimum Gasteiger partial charge on any atom is -0.400 e. The summed E-state index contributed by atoms with van der Waals surface area (Å²) in [6.45, 7) is 10.3. The number of nitrogens with zero attached hydrogens (tertiary/aromatic N) is 1. The summed E-state index contributed by atoms with van der Waals surface area (Å²) in [5.41, 5.74) is 0.807. The fourth-order valence-electron chi connectivity index (χ4n) is 0.900. The van der Waals surface area contributed by atoms with Crippen LogP contribution in [0.2, 0.25) is 0 Å². The molecule has 15 heavy (non-hydrogen) atoms. The van der Waals surface area contributed by atoms with E-state index in [1.54, 1.807) is 0 Å². The molecule has 88 valence electrons. The maximum absolute atomic E-state index is 10.3. The first-order chi connectivity index (χ1) is 7.04.